The molecule has 5 heteroatoms. The number of aliphatic imine (C=N–C) groups is 1. The number of nitrogens with zero attached hydrogens (tertiary/aromatic N) is 1. The highest BCUT2D eigenvalue weighted by Gasteiger charge is 2.26. The lowest BCUT2D eigenvalue weighted by atomic mass is 10.00. The van der Waals surface area contributed by atoms with Crippen LogP contribution in [0.25, 0.3) is 53.2 Å². The van der Waals surface area contributed by atoms with Crippen molar-refractivity contribution < 1.29 is 4.42 Å². The third kappa shape index (κ3) is 4.21. The number of hydrogen-bond acceptors (Lipinski definition) is 5. The molecule has 0 aliphatic carbocycles. The number of rotatable bonds is 4. The molecule has 0 saturated carbocycles. The molecule has 44 heavy (non-hydrogen) atoms. The van der Waals surface area contributed by atoms with Crippen LogP contribution in [0.5, 0.6) is 0 Å². The van der Waals surface area contributed by atoms with Gasteiger partial charge in [0.1, 0.15) is 29.3 Å². The van der Waals surface area contributed by atoms with E-state index in [0.717, 1.165) is 44.5 Å². The van der Waals surface area contributed by atoms with Crippen LogP contribution in [-0.2, 0) is 0 Å². The lowest BCUT2D eigenvalue weighted by molar-refractivity contribution is 0.409. The van der Waals surface area contributed by atoms with Gasteiger partial charge in [0.05, 0.1) is 0 Å². The fraction of sp³-hybridized carbons (Fsp3) is 0.0513. The number of benzene rings is 6. The summed E-state index contributed by atoms with van der Waals surface area (Å²) >= 11 is 1.86. The standard InChI is InChI=1S/C39H27N3OS/c1-3-10-24(11-4-1)37-40-38(25-12-5-2-6-13-25)42-39(41-37)27-18-20-29-32-22-26(19-21-33(32)43-34(29)23-27)28-15-9-16-31-30-14-7-8-17-35(30)44-36(28)31/h1-23,37,39,41H,(H,40,42). The number of thiophene rings is 1. The molecule has 4 nitrogen and oxygen atoms in total. The zero-order chi connectivity index (χ0) is 29.0. The maximum absolute atomic E-state index is 6.44. The van der Waals surface area contributed by atoms with Crippen molar-refractivity contribution in [2.45, 2.75) is 12.3 Å². The first-order chi connectivity index (χ1) is 21.8. The highest BCUT2D eigenvalue weighted by molar-refractivity contribution is 7.26. The summed E-state index contributed by atoms with van der Waals surface area (Å²) in [5.74, 6) is 0.868. The average molecular weight is 586 g/mol. The molecule has 2 N–H and O–H groups in total. The van der Waals surface area contributed by atoms with E-state index in [1.54, 1.807) is 0 Å². The average Bonchev–Trinajstić information content (AvgIpc) is 3.66. The van der Waals surface area contributed by atoms with Gasteiger partial charge in [-0.2, -0.15) is 0 Å². The minimum Gasteiger partial charge on any atom is -0.456 e. The molecule has 0 spiro atoms. The SMILES string of the molecule is c1ccc(C2=NC(c3ccc4c(c3)oc3ccc(-c5cccc6c5sc5ccccc56)cc34)NC(c3ccccc3)N2)cc1. The van der Waals surface area contributed by atoms with Crippen LogP contribution in [-0.4, -0.2) is 5.84 Å². The number of fused-ring (bicyclic) bond motifs is 6. The normalized spacial score (nSPS) is 16.9. The van der Waals surface area contributed by atoms with Crippen molar-refractivity contribution in [3.63, 3.8) is 0 Å². The predicted molar refractivity (Wildman–Crippen MR) is 183 cm³/mol. The Balaban J connectivity index is 1.13. The lowest BCUT2D eigenvalue weighted by Crippen LogP contribution is -2.44. The minimum atomic E-state index is -0.240. The Morgan fingerprint density at radius 2 is 1.36 bits per heavy atom. The van der Waals surface area contributed by atoms with Crippen LogP contribution in [0.1, 0.15) is 29.0 Å². The van der Waals surface area contributed by atoms with Crippen LogP contribution >= 0.6 is 11.3 Å². The van der Waals surface area contributed by atoms with Gasteiger partial charge < -0.3 is 9.73 Å². The van der Waals surface area contributed by atoms with Crippen LogP contribution in [0.15, 0.2) is 149 Å². The molecule has 2 aromatic heterocycles. The second kappa shape index (κ2) is 10.2. The largest absolute Gasteiger partial charge is 0.456 e. The molecule has 0 radical (unpaired) electrons. The van der Waals surface area contributed by atoms with E-state index in [0.29, 0.717) is 0 Å². The van der Waals surface area contributed by atoms with Crippen LogP contribution in [0.3, 0.4) is 0 Å². The van der Waals surface area contributed by atoms with E-state index in [1.807, 2.05) is 35.6 Å². The van der Waals surface area contributed by atoms with Crippen molar-refractivity contribution in [2.75, 3.05) is 0 Å². The van der Waals surface area contributed by atoms with Crippen LogP contribution < -0.4 is 10.6 Å². The number of nitrogens with one attached hydrogen (secondary N) is 2. The molecule has 0 bridgehead atoms. The first-order valence-electron chi connectivity index (χ1n) is 14.9. The molecule has 6 aromatic carbocycles. The van der Waals surface area contributed by atoms with E-state index in [2.05, 4.69) is 126 Å². The van der Waals surface area contributed by atoms with E-state index < -0.39 is 0 Å². The van der Waals surface area contributed by atoms with Crippen molar-refractivity contribution in [3.8, 4) is 11.1 Å². The van der Waals surface area contributed by atoms with E-state index in [1.165, 1.54) is 31.3 Å². The molecule has 0 amide bonds. The van der Waals surface area contributed by atoms with Gasteiger partial charge in [0.15, 0.2) is 0 Å². The quantitative estimate of drug-likeness (QED) is 0.216. The van der Waals surface area contributed by atoms with Gasteiger partial charge >= 0.3 is 0 Å². The Morgan fingerprint density at radius 3 is 2.25 bits per heavy atom. The van der Waals surface area contributed by atoms with Gasteiger partial charge in [0.2, 0.25) is 0 Å². The first-order valence-corrected chi connectivity index (χ1v) is 15.7. The van der Waals surface area contributed by atoms with Gasteiger partial charge in [-0.15, -0.1) is 11.3 Å². The fourth-order valence-electron chi connectivity index (χ4n) is 6.40. The molecule has 2 unspecified atom stereocenters. The third-order valence-electron chi connectivity index (χ3n) is 8.57. The van der Waals surface area contributed by atoms with Crippen LogP contribution in [0.4, 0.5) is 0 Å². The molecule has 0 fully saturated rings. The Morgan fingerprint density at radius 1 is 0.568 bits per heavy atom. The number of hydrogen-bond donors (Lipinski definition) is 2. The zero-order valence-electron chi connectivity index (χ0n) is 23.7. The fourth-order valence-corrected chi connectivity index (χ4v) is 7.63. The zero-order valence-corrected chi connectivity index (χ0v) is 24.5. The summed E-state index contributed by atoms with van der Waals surface area (Å²) in [4.78, 5) is 5.11. The summed E-state index contributed by atoms with van der Waals surface area (Å²) in [6, 6.07) is 49.1. The highest BCUT2D eigenvalue weighted by Crippen LogP contribution is 2.41. The van der Waals surface area contributed by atoms with E-state index >= 15 is 0 Å². The van der Waals surface area contributed by atoms with Crippen molar-refractivity contribution >= 4 is 59.3 Å². The second-order valence-corrected chi connectivity index (χ2v) is 12.3. The smallest absolute Gasteiger partial charge is 0.135 e. The highest BCUT2D eigenvalue weighted by atomic mass is 32.1. The second-order valence-electron chi connectivity index (χ2n) is 11.3. The number of amidine groups is 1. The van der Waals surface area contributed by atoms with Crippen molar-refractivity contribution in [2.24, 2.45) is 4.99 Å². The summed E-state index contributed by atoms with van der Waals surface area (Å²) < 4.78 is 9.08. The van der Waals surface area contributed by atoms with E-state index in [-0.39, 0.29) is 12.3 Å². The lowest BCUT2D eigenvalue weighted by Gasteiger charge is -2.32. The Bertz CT molecular complexity index is 2350. The molecule has 3 heterocycles. The maximum Gasteiger partial charge on any atom is 0.135 e. The van der Waals surface area contributed by atoms with Crippen molar-refractivity contribution in [1.29, 1.82) is 0 Å². The number of furan rings is 1. The summed E-state index contributed by atoms with van der Waals surface area (Å²) in [6.07, 6.45) is -0.324. The monoisotopic (exact) mass is 585 g/mol. The van der Waals surface area contributed by atoms with Gasteiger partial charge in [-0.25, -0.2) is 4.99 Å². The molecular formula is C39H27N3OS. The summed E-state index contributed by atoms with van der Waals surface area (Å²) in [6.45, 7) is 0. The molecular weight excluding hydrogens is 559 g/mol. The Kier molecular flexibility index (Phi) is 5.86. The molecule has 2 atom stereocenters. The molecule has 210 valence electrons. The predicted octanol–water partition coefficient (Wildman–Crippen LogP) is 9.96. The Labute approximate surface area is 258 Å². The maximum atomic E-state index is 6.44. The first kappa shape index (κ1) is 25.3. The molecule has 0 saturated heterocycles. The van der Waals surface area contributed by atoms with Gasteiger partial charge in [0.25, 0.3) is 0 Å². The van der Waals surface area contributed by atoms with Gasteiger partial charge in [0, 0.05) is 36.5 Å². The summed E-state index contributed by atoms with van der Waals surface area (Å²) in [5.41, 5.74) is 7.48. The van der Waals surface area contributed by atoms with Crippen LogP contribution in [0, 0.1) is 0 Å². The minimum absolute atomic E-state index is 0.0838. The third-order valence-corrected chi connectivity index (χ3v) is 9.79. The van der Waals surface area contributed by atoms with E-state index in [9.17, 15) is 0 Å². The summed E-state index contributed by atoms with van der Waals surface area (Å²) in [5, 5.41) is 12.2. The topological polar surface area (TPSA) is 49.6 Å². The molecule has 9 rings (SSSR count). The van der Waals surface area contributed by atoms with Gasteiger partial charge in [-0.05, 0) is 46.5 Å². The van der Waals surface area contributed by atoms with Gasteiger partial charge in [-0.3, -0.25) is 5.32 Å². The Hall–Kier alpha value is -5.23. The molecule has 1 aliphatic heterocycles. The van der Waals surface area contributed by atoms with Gasteiger partial charge in [-0.1, -0.05) is 115 Å². The summed E-state index contributed by atoms with van der Waals surface area (Å²) in [7, 11) is 0. The molecule has 1 aliphatic rings. The van der Waals surface area contributed by atoms with Crippen LogP contribution in [0.2, 0.25) is 0 Å². The van der Waals surface area contributed by atoms with E-state index in [4.69, 9.17) is 9.41 Å². The van der Waals surface area contributed by atoms with Crippen molar-refractivity contribution in [1.82, 2.24) is 10.6 Å². The van der Waals surface area contributed by atoms with Crippen molar-refractivity contribution in [3.05, 3.63) is 156 Å². The molecule has 8 aromatic rings.